The number of aryl methyl sites for hydroxylation is 1. The Balaban J connectivity index is 2.36. The highest BCUT2D eigenvalue weighted by Gasteiger charge is 2.17. The predicted molar refractivity (Wildman–Crippen MR) is 79.5 cm³/mol. The molecule has 15 heavy (non-hydrogen) atoms. The molecule has 0 radical (unpaired) electrons. The lowest BCUT2D eigenvalue weighted by atomic mass is 10.2. The minimum atomic E-state index is 0.310. The smallest absolute Gasteiger partial charge is 0.0843 e. The van der Waals surface area contributed by atoms with Gasteiger partial charge in [0.1, 0.15) is 0 Å². The summed E-state index contributed by atoms with van der Waals surface area (Å²) in [6.45, 7) is 2.15. The molecule has 2 aromatic rings. The molecule has 2 heterocycles. The van der Waals surface area contributed by atoms with Crippen LogP contribution in [-0.4, -0.2) is 0 Å². The van der Waals surface area contributed by atoms with Crippen LogP contribution in [0.4, 0.5) is 0 Å². The van der Waals surface area contributed by atoms with E-state index in [0.717, 1.165) is 8.26 Å². The van der Waals surface area contributed by atoms with Gasteiger partial charge in [-0.2, -0.15) is 0 Å². The zero-order valence-corrected chi connectivity index (χ0v) is 14.2. The largest absolute Gasteiger partial charge is 0.147 e. The van der Waals surface area contributed by atoms with Crippen LogP contribution < -0.4 is 0 Å². The topological polar surface area (TPSA) is 0 Å². The van der Waals surface area contributed by atoms with Crippen LogP contribution in [0.1, 0.15) is 20.1 Å². The van der Waals surface area contributed by atoms with Gasteiger partial charge in [-0.25, -0.2) is 0 Å². The van der Waals surface area contributed by atoms with Gasteiger partial charge in [0.25, 0.3) is 0 Å². The van der Waals surface area contributed by atoms with Gasteiger partial charge in [-0.15, -0.1) is 22.7 Å². The first-order valence-corrected chi connectivity index (χ1v) is 8.42. The Morgan fingerprint density at radius 3 is 2.53 bits per heavy atom. The molecule has 0 nitrogen and oxygen atoms in total. The molecule has 2 aromatic heterocycles. The average molecular weight is 431 g/mol. The monoisotopic (exact) mass is 428 g/mol. The van der Waals surface area contributed by atoms with E-state index in [1.165, 1.54) is 15.3 Å². The minimum absolute atomic E-state index is 0.310. The van der Waals surface area contributed by atoms with Gasteiger partial charge >= 0.3 is 0 Å². The molecule has 1 atom stereocenters. The van der Waals surface area contributed by atoms with E-state index >= 15 is 0 Å². The van der Waals surface area contributed by atoms with Crippen molar-refractivity contribution in [2.45, 2.75) is 11.8 Å². The molecule has 0 aliphatic heterocycles. The first-order valence-electron chi connectivity index (χ1n) is 4.22. The fourth-order valence-electron chi connectivity index (χ4n) is 1.26. The second kappa shape index (κ2) is 5.00. The molecule has 0 N–H and O–H groups in total. The van der Waals surface area contributed by atoms with E-state index in [0.29, 0.717) is 4.83 Å². The number of halogens is 3. The quantitative estimate of drug-likeness (QED) is 0.503. The maximum absolute atomic E-state index is 3.75. The molecule has 0 saturated carbocycles. The van der Waals surface area contributed by atoms with Crippen molar-refractivity contribution in [1.82, 2.24) is 0 Å². The number of hydrogen-bond acceptors (Lipinski definition) is 2. The number of thiophene rings is 2. The predicted octanol–water partition coefficient (Wildman–Crippen LogP) is 6.13. The van der Waals surface area contributed by atoms with Crippen molar-refractivity contribution in [3.8, 4) is 0 Å². The molecule has 0 aromatic carbocycles. The molecular formula is C10H7Br3S2. The number of hydrogen-bond donors (Lipinski definition) is 0. The molecule has 80 valence electrons. The first kappa shape index (κ1) is 12.3. The highest BCUT2D eigenvalue weighted by atomic mass is 79.9. The lowest BCUT2D eigenvalue weighted by Gasteiger charge is -2.05. The summed E-state index contributed by atoms with van der Waals surface area (Å²) in [4.78, 5) is 3.01. The van der Waals surface area contributed by atoms with Gasteiger partial charge in [0.15, 0.2) is 0 Å². The van der Waals surface area contributed by atoms with Crippen LogP contribution in [0.3, 0.4) is 0 Å². The normalized spacial score (nSPS) is 13.1. The summed E-state index contributed by atoms with van der Waals surface area (Å²) in [5.41, 5.74) is 1.35. The van der Waals surface area contributed by atoms with Gasteiger partial charge in [-0.1, -0.05) is 15.9 Å². The summed E-state index contributed by atoms with van der Waals surface area (Å²) in [7, 11) is 0. The van der Waals surface area contributed by atoms with E-state index in [9.17, 15) is 0 Å². The van der Waals surface area contributed by atoms with E-state index in [4.69, 9.17) is 0 Å². The third kappa shape index (κ3) is 2.57. The van der Waals surface area contributed by atoms with Crippen molar-refractivity contribution in [2.24, 2.45) is 0 Å². The SMILES string of the molecule is Cc1ccsc1C(Br)c1cc(Br)c(Br)s1. The third-order valence-electron chi connectivity index (χ3n) is 2.05. The summed E-state index contributed by atoms with van der Waals surface area (Å²) in [6, 6.07) is 4.32. The van der Waals surface area contributed by atoms with Crippen molar-refractivity contribution in [3.05, 3.63) is 41.1 Å². The van der Waals surface area contributed by atoms with Gasteiger partial charge in [0, 0.05) is 14.2 Å². The second-order valence-electron chi connectivity index (χ2n) is 3.10. The Labute approximate surface area is 122 Å². The van der Waals surface area contributed by atoms with Crippen molar-refractivity contribution in [1.29, 1.82) is 0 Å². The molecular weight excluding hydrogens is 424 g/mol. The molecule has 0 aliphatic rings. The Morgan fingerprint density at radius 2 is 2.07 bits per heavy atom. The summed E-state index contributed by atoms with van der Waals surface area (Å²) >= 11 is 14.3. The summed E-state index contributed by atoms with van der Waals surface area (Å²) in [5, 5.41) is 2.14. The van der Waals surface area contributed by atoms with E-state index in [2.05, 4.69) is 72.2 Å². The van der Waals surface area contributed by atoms with Crippen molar-refractivity contribution in [3.63, 3.8) is 0 Å². The molecule has 1 unspecified atom stereocenters. The van der Waals surface area contributed by atoms with E-state index in [1.807, 2.05) is 0 Å². The van der Waals surface area contributed by atoms with Crippen LogP contribution >= 0.6 is 70.5 Å². The molecule has 2 rings (SSSR count). The van der Waals surface area contributed by atoms with Crippen LogP contribution in [0.5, 0.6) is 0 Å². The van der Waals surface area contributed by atoms with E-state index in [1.54, 1.807) is 22.7 Å². The highest BCUT2D eigenvalue weighted by Crippen LogP contribution is 2.43. The molecule has 0 fully saturated rings. The van der Waals surface area contributed by atoms with Crippen LogP contribution in [0.2, 0.25) is 0 Å². The highest BCUT2D eigenvalue weighted by molar-refractivity contribution is 9.13. The zero-order chi connectivity index (χ0) is 11.0. The molecule has 5 heteroatoms. The summed E-state index contributed by atoms with van der Waals surface area (Å²) in [6.07, 6.45) is 0. The Morgan fingerprint density at radius 1 is 1.33 bits per heavy atom. The average Bonchev–Trinajstić information content (AvgIpc) is 2.74. The number of alkyl halides is 1. The van der Waals surface area contributed by atoms with Crippen LogP contribution in [0.15, 0.2) is 25.8 Å². The lowest BCUT2D eigenvalue weighted by molar-refractivity contribution is 1.24. The van der Waals surface area contributed by atoms with E-state index in [-0.39, 0.29) is 0 Å². The van der Waals surface area contributed by atoms with Crippen LogP contribution in [0, 0.1) is 6.92 Å². The van der Waals surface area contributed by atoms with Gasteiger partial charge < -0.3 is 0 Å². The Kier molecular flexibility index (Phi) is 4.10. The third-order valence-corrected chi connectivity index (χ3v) is 8.01. The van der Waals surface area contributed by atoms with Crippen molar-refractivity contribution in [2.75, 3.05) is 0 Å². The van der Waals surface area contributed by atoms with Crippen molar-refractivity contribution < 1.29 is 0 Å². The Bertz CT molecular complexity index is 453. The fraction of sp³-hybridized carbons (Fsp3) is 0.200. The molecule has 0 saturated heterocycles. The summed E-state index contributed by atoms with van der Waals surface area (Å²) in [5.74, 6) is 0. The standard InChI is InChI=1S/C10H7Br3S2/c1-5-2-3-14-9(5)8(12)7-4-6(11)10(13)15-7/h2-4,8H,1H3. The molecule has 0 amide bonds. The molecule has 0 spiro atoms. The maximum atomic E-state index is 3.75. The molecule has 0 bridgehead atoms. The number of rotatable bonds is 2. The Hall–Kier alpha value is 0.840. The van der Waals surface area contributed by atoms with Crippen molar-refractivity contribution >= 4 is 70.5 Å². The fourth-order valence-corrected chi connectivity index (χ4v) is 5.43. The van der Waals surface area contributed by atoms with Gasteiger partial charge in [0.05, 0.1) is 8.61 Å². The molecule has 0 aliphatic carbocycles. The zero-order valence-electron chi connectivity index (χ0n) is 7.76. The van der Waals surface area contributed by atoms with Crippen LogP contribution in [-0.2, 0) is 0 Å². The second-order valence-corrected chi connectivity index (χ2v) is 8.22. The first-order chi connectivity index (χ1) is 7.09. The summed E-state index contributed by atoms with van der Waals surface area (Å²) < 4.78 is 2.28. The van der Waals surface area contributed by atoms with Gasteiger partial charge in [-0.05, 0) is 61.9 Å². The lowest BCUT2D eigenvalue weighted by Crippen LogP contribution is -1.87. The van der Waals surface area contributed by atoms with Gasteiger partial charge in [-0.3, -0.25) is 0 Å². The van der Waals surface area contributed by atoms with E-state index < -0.39 is 0 Å². The van der Waals surface area contributed by atoms with Crippen LogP contribution in [0.25, 0.3) is 0 Å². The maximum Gasteiger partial charge on any atom is 0.0843 e. The minimum Gasteiger partial charge on any atom is -0.147 e. The van der Waals surface area contributed by atoms with Gasteiger partial charge in [0.2, 0.25) is 0 Å².